The highest BCUT2D eigenvalue weighted by Crippen LogP contribution is 2.35. The van der Waals surface area contributed by atoms with Crippen molar-refractivity contribution in [3.8, 4) is 34.4 Å². The molecule has 0 saturated carbocycles. The average molecular weight is 483 g/mol. The summed E-state index contributed by atoms with van der Waals surface area (Å²) in [6.45, 7) is 0. The molecular formula is C21H12Cl2F4N4O. The van der Waals surface area contributed by atoms with E-state index in [0.29, 0.717) is 17.6 Å². The number of benzene rings is 2. The SMILES string of the molecule is Cn1nc(-c2c(F)cccc2Cl)nc1-c1ccc(Oc2ccc(C(F)(F)F)cn2)c(Cl)c1. The second kappa shape index (κ2) is 8.40. The maximum atomic E-state index is 14.2. The van der Waals surface area contributed by atoms with E-state index in [2.05, 4.69) is 15.1 Å². The minimum absolute atomic E-state index is 0.0530. The summed E-state index contributed by atoms with van der Waals surface area (Å²) in [6.07, 6.45) is -3.82. The van der Waals surface area contributed by atoms with E-state index in [-0.39, 0.29) is 33.1 Å². The lowest BCUT2D eigenvalue weighted by atomic mass is 10.2. The van der Waals surface area contributed by atoms with Gasteiger partial charge >= 0.3 is 6.18 Å². The number of nitrogens with zero attached hydrogens (tertiary/aromatic N) is 4. The Hall–Kier alpha value is -3.17. The predicted molar refractivity (Wildman–Crippen MR) is 111 cm³/mol. The number of aromatic nitrogens is 4. The zero-order valence-corrected chi connectivity index (χ0v) is 17.7. The molecule has 0 aliphatic rings. The molecule has 0 fully saturated rings. The highest BCUT2D eigenvalue weighted by atomic mass is 35.5. The summed E-state index contributed by atoms with van der Waals surface area (Å²) in [4.78, 5) is 8.02. The van der Waals surface area contributed by atoms with Gasteiger partial charge in [-0.3, -0.25) is 0 Å². The van der Waals surface area contributed by atoms with Gasteiger partial charge in [-0.15, -0.1) is 0 Å². The molecule has 0 aliphatic heterocycles. The van der Waals surface area contributed by atoms with Gasteiger partial charge in [0.1, 0.15) is 11.6 Å². The van der Waals surface area contributed by atoms with E-state index in [4.69, 9.17) is 27.9 Å². The molecule has 2 aromatic carbocycles. The summed E-state index contributed by atoms with van der Waals surface area (Å²) in [7, 11) is 1.63. The van der Waals surface area contributed by atoms with E-state index in [1.54, 1.807) is 13.1 Å². The first-order valence-electron chi connectivity index (χ1n) is 9.00. The third kappa shape index (κ3) is 4.39. The fraction of sp³-hybridized carbons (Fsp3) is 0.0952. The van der Waals surface area contributed by atoms with E-state index in [0.717, 1.165) is 12.1 Å². The maximum absolute atomic E-state index is 14.2. The number of rotatable bonds is 4. The Labute approximate surface area is 189 Å². The maximum Gasteiger partial charge on any atom is 0.417 e. The van der Waals surface area contributed by atoms with E-state index in [1.165, 1.54) is 35.0 Å². The van der Waals surface area contributed by atoms with Crippen molar-refractivity contribution in [3.05, 3.63) is 76.2 Å². The summed E-state index contributed by atoms with van der Waals surface area (Å²) >= 11 is 12.4. The van der Waals surface area contributed by atoms with Crippen LogP contribution in [0.5, 0.6) is 11.6 Å². The van der Waals surface area contributed by atoms with Gasteiger partial charge in [0.15, 0.2) is 11.6 Å². The van der Waals surface area contributed by atoms with E-state index >= 15 is 0 Å². The van der Waals surface area contributed by atoms with Gasteiger partial charge in [0.05, 0.1) is 21.2 Å². The Morgan fingerprint density at radius 2 is 1.78 bits per heavy atom. The number of aryl methyl sites for hydroxylation is 1. The number of ether oxygens (including phenoxy) is 1. The topological polar surface area (TPSA) is 52.8 Å². The lowest BCUT2D eigenvalue weighted by Crippen LogP contribution is -2.05. The zero-order valence-electron chi connectivity index (χ0n) is 16.2. The molecule has 0 unspecified atom stereocenters. The number of hydrogen-bond donors (Lipinski definition) is 0. The van der Waals surface area contributed by atoms with Crippen LogP contribution in [0, 0.1) is 5.82 Å². The monoisotopic (exact) mass is 482 g/mol. The number of halogens is 6. The average Bonchev–Trinajstić information content (AvgIpc) is 3.10. The van der Waals surface area contributed by atoms with E-state index in [1.807, 2.05) is 0 Å². The van der Waals surface area contributed by atoms with Gasteiger partial charge in [0, 0.05) is 24.9 Å². The van der Waals surface area contributed by atoms with Crippen LogP contribution in [-0.4, -0.2) is 19.7 Å². The van der Waals surface area contributed by atoms with Crippen molar-refractivity contribution in [1.29, 1.82) is 0 Å². The first-order valence-corrected chi connectivity index (χ1v) is 9.75. The Morgan fingerprint density at radius 3 is 2.41 bits per heavy atom. The van der Waals surface area contributed by atoms with Crippen molar-refractivity contribution in [2.45, 2.75) is 6.18 Å². The molecule has 0 saturated heterocycles. The number of pyridine rings is 1. The molecule has 2 aromatic heterocycles. The quantitative estimate of drug-likeness (QED) is 0.300. The fourth-order valence-corrected chi connectivity index (χ4v) is 3.36. The van der Waals surface area contributed by atoms with Crippen molar-refractivity contribution in [1.82, 2.24) is 19.7 Å². The summed E-state index contributed by atoms with van der Waals surface area (Å²) in [5, 5.41) is 4.57. The van der Waals surface area contributed by atoms with Gasteiger partial charge in [0.25, 0.3) is 0 Å². The smallest absolute Gasteiger partial charge is 0.417 e. The van der Waals surface area contributed by atoms with Crippen LogP contribution in [0.3, 0.4) is 0 Å². The standard InChI is InChI=1S/C21H12Cl2F4N4O/c1-31-20(29-19(30-31)18-13(22)3-2-4-15(18)24)11-5-7-16(14(23)9-11)32-17-8-6-12(10-28-17)21(25,26)27/h2-10H,1H3. The molecular weight excluding hydrogens is 471 g/mol. The van der Waals surface area contributed by atoms with Crippen molar-refractivity contribution >= 4 is 23.2 Å². The third-order valence-electron chi connectivity index (χ3n) is 4.42. The van der Waals surface area contributed by atoms with Gasteiger partial charge < -0.3 is 4.74 Å². The first-order chi connectivity index (χ1) is 15.1. The van der Waals surface area contributed by atoms with Crippen LogP contribution in [0.2, 0.25) is 10.0 Å². The lowest BCUT2D eigenvalue weighted by molar-refractivity contribution is -0.137. The summed E-state index contributed by atoms with van der Waals surface area (Å²) in [5.41, 5.74) is -0.258. The van der Waals surface area contributed by atoms with E-state index < -0.39 is 17.6 Å². The molecule has 4 rings (SSSR count). The summed E-state index contributed by atoms with van der Waals surface area (Å²) in [6, 6.07) is 10.9. The van der Waals surface area contributed by atoms with Crippen LogP contribution in [0.25, 0.3) is 22.8 Å². The van der Waals surface area contributed by atoms with Crippen LogP contribution in [-0.2, 0) is 13.2 Å². The van der Waals surface area contributed by atoms with Crippen LogP contribution in [0.15, 0.2) is 54.7 Å². The second-order valence-electron chi connectivity index (χ2n) is 6.61. The Morgan fingerprint density at radius 1 is 1.00 bits per heavy atom. The van der Waals surface area contributed by atoms with E-state index in [9.17, 15) is 17.6 Å². The van der Waals surface area contributed by atoms with Crippen molar-refractivity contribution in [2.75, 3.05) is 0 Å². The van der Waals surface area contributed by atoms with Crippen molar-refractivity contribution in [2.24, 2.45) is 7.05 Å². The van der Waals surface area contributed by atoms with Crippen LogP contribution in [0.4, 0.5) is 17.6 Å². The predicted octanol–water partition coefficient (Wildman–Crippen LogP) is 6.80. The van der Waals surface area contributed by atoms with Crippen molar-refractivity contribution < 1.29 is 22.3 Å². The summed E-state index contributed by atoms with van der Waals surface area (Å²) in [5.74, 6) is 0.0712. The highest BCUT2D eigenvalue weighted by Gasteiger charge is 2.30. The van der Waals surface area contributed by atoms with Gasteiger partial charge in [-0.05, 0) is 36.4 Å². The molecule has 164 valence electrons. The second-order valence-corrected chi connectivity index (χ2v) is 7.42. The molecule has 0 N–H and O–H groups in total. The Balaban J connectivity index is 1.61. The zero-order chi connectivity index (χ0) is 23.0. The minimum Gasteiger partial charge on any atom is -0.437 e. The molecule has 5 nitrogen and oxygen atoms in total. The summed E-state index contributed by atoms with van der Waals surface area (Å²) < 4.78 is 59.1. The normalized spacial score (nSPS) is 11.6. The fourth-order valence-electron chi connectivity index (χ4n) is 2.90. The lowest BCUT2D eigenvalue weighted by Gasteiger charge is -2.10. The Kier molecular flexibility index (Phi) is 5.79. The molecule has 2 heterocycles. The molecule has 0 amide bonds. The van der Waals surface area contributed by atoms with Crippen LogP contribution >= 0.6 is 23.2 Å². The molecule has 0 bridgehead atoms. The van der Waals surface area contributed by atoms with Gasteiger partial charge in [-0.2, -0.15) is 18.3 Å². The van der Waals surface area contributed by atoms with Gasteiger partial charge in [-0.25, -0.2) is 19.0 Å². The Bertz CT molecular complexity index is 1270. The highest BCUT2D eigenvalue weighted by molar-refractivity contribution is 6.33. The molecule has 0 aliphatic carbocycles. The molecule has 32 heavy (non-hydrogen) atoms. The van der Waals surface area contributed by atoms with Crippen molar-refractivity contribution in [3.63, 3.8) is 0 Å². The molecule has 0 radical (unpaired) electrons. The molecule has 0 spiro atoms. The largest absolute Gasteiger partial charge is 0.437 e. The number of hydrogen-bond acceptors (Lipinski definition) is 4. The first kappa shape index (κ1) is 22.0. The molecule has 4 aromatic rings. The minimum atomic E-state index is -4.49. The number of alkyl halides is 3. The van der Waals surface area contributed by atoms with Gasteiger partial charge in [-0.1, -0.05) is 29.3 Å². The van der Waals surface area contributed by atoms with Crippen LogP contribution in [0.1, 0.15) is 5.56 Å². The molecule has 0 atom stereocenters. The van der Waals surface area contributed by atoms with Gasteiger partial charge in [0.2, 0.25) is 5.88 Å². The molecule has 11 heteroatoms. The van der Waals surface area contributed by atoms with Crippen LogP contribution < -0.4 is 4.74 Å². The third-order valence-corrected chi connectivity index (χ3v) is 5.03.